The van der Waals surface area contributed by atoms with Crippen molar-refractivity contribution in [2.75, 3.05) is 17.8 Å². The molecule has 2 heterocycles. The van der Waals surface area contributed by atoms with Crippen molar-refractivity contribution in [3.8, 4) is 21.8 Å². The smallest absolute Gasteiger partial charge is 0.411 e. The number of hydrogen-bond acceptors (Lipinski definition) is 5. The van der Waals surface area contributed by atoms with E-state index in [0.717, 1.165) is 21.8 Å². The molecule has 0 unspecified atom stereocenters. The zero-order chi connectivity index (χ0) is 16.8. The number of amides is 1. The third kappa shape index (κ3) is 4.10. The fourth-order valence-corrected chi connectivity index (χ4v) is 2.99. The second kappa shape index (κ2) is 7.90. The van der Waals surface area contributed by atoms with Gasteiger partial charge in [0.15, 0.2) is 0 Å². The highest BCUT2D eigenvalue weighted by Crippen LogP contribution is 2.29. The lowest BCUT2D eigenvalue weighted by atomic mass is 10.1. The average molecular weight is 360 g/mol. The van der Waals surface area contributed by atoms with Crippen LogP contribution in [0, 0.1) is 0 Å². The summed E-state index contributed by atoms with van der Waals surface area (Å²) in [6.45, 7) is 0.175. The van der Waals surface area contributed by atoms with Crippen molar-refractivity contribution in [3.05, 3.63) is 54.2 Å². The summed E-state index contributed by atoms with van der Waals surface area (Å²) in [6.07, 6.45) is 2.96. The average Bonchev–Trinajstić information content (AvgIpc) is 3.11. The van der Waals surface area contributed by atoms with Gasteiger partial charge >= 0.3 is 6.09 Å². The van der Waals surface area contributed by atoms with E-state index in [9.17, 15) is 4.79 Å². The molecule has 122 valence electrons. The lowest BCUT2D eigenvalue weighted by Gasteiger charge is -2.06. The van der Waals surface area contributed by atoms with Gasteiger partial charge in [-0.3, -0.25) is 10.3 Å². The first kappa shape index (κ1) is 16.4. The van der Waals surface area contributed by atoms with E-state index in [4.69, 9.17) is 16.3 Å². The van der Waals surface area contributed by atoms with Gasteiger partial charge in [0.2, 0.25) is 0 Å². The Hall–Kier alpha value is -2.44. The third-order valence-electron chi connectivity index (χ3n) is 3.15. The number of nitrogens with zero attached hydrogens (tertiary/aromatic N) is 2. The van der Waals surface area contributed by atoms with Gasteiger partial charge in [0.05, 0.1) is 11.6 Å². The molecule has 0 saturated carbocycles. The Kier molecular flexibility index (Phi) is 5.40. The van der Waals surface area contributed by atoms with Crippen molar-refractivity contribution < 1.29 is 9.53 Å². The minimum absolute atomic E-state index is 0.175. The van der Waals surface area contributed by atoms with E-state index in [1.807, 2.05) is 35.7 Å². The molecule has 0 aliphatic heterocycles. The van der Waals surface area contributed by atoms with Crippen LogP contribution in [0.25, 0.3) is 21.8 Å². The van der Waals surface area contributed by atoms with Crippen LogP contribution in [-0.2, 0) is 4.74 Å². The number of thiazole rings is 1. The van der Waals surface area contributed by atoms with E-state index in [-0.39, 0.29) is 12.5 Å². The number of hydrogen-bond donors (Lipinski definition) is 1. The number of rotatable bonds is 5. The largest absolute Gasteiger partial charge is 0.448 e. The quantitative estimate of drug-likeness (QED) is 0.673. The number of alkyl halides is 1. The van der Waals surface area contributed by atoms with Gasteiger partial charge in [0.1, 0.15) is 11.6 Å². The van der Waals surface area contributed by atoms with Gasteiger partial charge in [-0.05, 0) is 24.3 Å². The zero-order valence-corrected chi connectivity index (χ0v) is 14.2. The Morgan fingerprint density at radius 3 is 2.83 bits per heavy atom. The maximum atomic E-state index is 11.6. The van der Waals surface area contributed by atoms with Crippen LogP contribution in [0.5, 0.6) is 0 Å². The van der Waals surface area contributed by atoms with E-state index in [1.165, 1.54) is 0 Å². The minimum Gasteiger partial charge on any atom is -0.448 e. The number of anilines is 1. The summed E-state index contributed by atoms with van der Waals surface area (Å²) < 4.78 is 4.90. The number of pyridine rings is 1. The van der Waals surface area contributed by atoms with Crippen molar-refractivity contribution >= 4 is 34.7 Å². The number of carbonyl (C=O) groups excluding carboxylic acids is 1. The second-order valence-corrected chi connectivity index (χ2v) is 6.04. The van der Waals surface area contributed by atoms with E-state index in [2.05, 4.69) is 15.3 Å². The van der Waals surface area contributed by atoms with Crippen molar-refractivity contribution in [3.63, 3.8) is 0 Å². The number of aromatic nitrogens is 2. The molecule has 1 aromatic carbocycles. The highest BCUT2D eigenvalue weighted by molar-refractivity contribution is 7.13. The predicted octanol–water partition coefficient (Wildman–Crippen LogP) is 4.66. The SMILES string of the molecule is O=C(Nc1cccc(-c2csc(-c3ccncc3)n2)c1)OCCCl. The van der Waals surface area contributed by atoms with Crippen molar-refractivity contribution in [2.45, 2.75) is 0 Å². The monoisotopic (exact) mass is 359 g/mol. The second-order valence-electron chi connectivity index (χ2n) is 4.80. The molecule has 0 radical (unpaired) electrons. The molecular weight excluding hydrogens is 346 g/mol. The molecular formula is C17H14ClN3O2S. The molecule has 24 heavy (non-hydrogen) atoms. The van der Waals surface area contributed by atoms with E-state index >= 15 is 0 Å². The standard InChI is InChI=1S/C17H14ClN3O2S/c18-6-9-23-17(22)20-14-3-1-2-13(10-14)15-11-24-16(21-15)12-4-7-19-8-5-12/h1-5,7-8,10-11H,6,9H2,(H,20,22). The maximum absolute atomic E-state index is 11.6. The Balaban J connectivity index is 1.77. The normalized spacial score (nSPS) is 10.4. The van der Waals surface area contributed by atoms with Crippen LogP contribution in [0.3, 0.4) is 0 Å². The van der Waals surface area contributed by atoms with Crippen LogP contribution in [0.4, 0.5) is 10.5 Å². The summed E-state index contributed by atoms with van der Waals surface area (Å²) in [6, 6.07) is 11.3. The fraction of sp³-hybridized carbons (Fsp3) is 0.118. The molecule has 0 aliphatic rings. The molecule has 3 aromatic rings. The summed E-state index contributed by atoms with van der Waals surface area (Å²) >= 11 is 7.05. The summed E-state index contributed by atoms with van der Waals surface area (Å²) in [5.41, 5.74) is 3.44. The molecule has 1 N–H and O–H groups in total. The van der Waals surface area contributed by atoms with Gasteiger partial charge in [-0.15, -0.1) is 22.9 Å². The van der Waals surface area contributed by atoms with Crippen molar-refractivity contribution in [2.24, 2.45) is 0 Å². The van der Waals surface area contributed by atoms with E-state index < -0.39 is 6.09 Å². The maximum Gasteiger partial charge on any atom is 0.411 e. The first-order valence-electron chi connectivity index (χ1n) is 7.22. The lowest BCUT2D eigenvalue weighted by Crippen LogP contribution is -2.14. The van der Waals surface area contributed by atoms with Crippen molar-refractivity contribution in [1.82, 2.24) is 9.97 Å². The number of benzene rings is 1. The fourth-order valence-electron chi connectivity index (χ4n) is 2.07. The molecule has 7 heteroatoms. The Morgan fingerprint density at radius 2 is 2.04 bits per heavy atom. The van der Waals surface area contributed by atoms with Gasteiger partial charge < -0.3 is 4.74 Å². The van der Waals surface area contributed by atoms with Crippen LogP contribution in [0.2, 0.25) is 0 Å². The molecule has 2 aromatic heterocycles. The number of nitrogens with one attached hydrogen (secondary N) is 1. The summed E-state index contributed by atoms with van der Waals surface area (Å²) in [4.78, 5) is 20.3. The van der Waals surface area contributed by atoms with Crippen LogP contribution in [-0.4, -0.2) is 28.5 Å². The van der Waals surface area contributed by atoms with Crippen LogP contribution in [0.1, 0.15) is 0 Å². The highest BCUT2D eigenvalue weighted by Gasteiger charge is 2.08. The van der Waals surface area contributed by atoms with Gasteiger partial charge in [0.25, 0.3) is 0 Å². The highest BCUT2D eigenvalue weighted by atomic mass is 35.5. The topological polar surface area (TPSA) is 64.1 Å². The van der Waals surface area contributed by atoms with Gasteiger partial charge in [-0.1, -0.05) is 12.1 Å². The predicted molar refractivity (Wildman–Crippen MR) is 96.5 cm³/mol. The Morgan fingerprint density at radius 1 is 1.21 bits per heavy atom. The number of halogens is 1. The van der Waals surface area contributed by atoms with Gasteiger partial charge in [-0.2, -0.15) is 0 Å². The molecule has 0 fully saturated rings. The molecule has 0 atom stereocenters. The summed E-state index contributed by atoms with van der Waals surface area (Å²) in [5, 5.41) is 5.58. The number of ether oxygens (including phenoxy) is 1. The van der Waals surface area contributed by atoms with Gasteiger partial charge in [0, 0.05) is 34.6 Å². The molecule has 5 nitrogen and oxygen atoms in total. The van der Waals surface area contributed by atoms with Gasteiger partial charge in [-0.25, -0.2) is 9.78 Å². The van der Waals surface area contributed by atoms with Crippen LogP contribution < -0.4 is 5.32 Å². The third-order valence-corrected chi connectivity index (χ3v) is 4.19. The Bertz CT molecular complexity index is 823. The van der Waals surface area contributed by atoms with Crippen molar-refractivity contribution in [1.29, 1.82) is 0 Å². The molecule has 0 spiro atoms. The molecule has 3 rings (SSSR count). The summed E-state index contributed by atoms with van der Waals surface area (Å²) in [7, 11) is 0. The molecule has 1 amide bonds. The van der Waals surface area contributed by atoms with E-state index in [0.29, 0.717) is 5.69 Å². The first-order chi connectivity index (χ1) is 11.8. The van der Waals surface area contributed by atoms with E-state index in [1.54, 1.807) is 29.8 Å². The molecule has 0 bridgehead atoms. The van der Waals surface area contributed by atoms with Crippen LogP contribution in [0.15, 0.2) is 54.2 Å². The minimum atomic E-state index is -0.524. The number of carbonyl (C=O) groups is 1. The van der Waals surface area contributed by atoms with Crippen LogP contribution >= 0.6 is 22.9 Å². The lowest BCUT2D eigenvalue weighted by molar-refractivity contribution is 0.168. The zero-order valence-electron chi connectivity index (χ0n) is 12.6. The molecule has 0 saturated heterocycles. The summed E-state index contributed by atoms with van der Waals surface area (Å²) in [5.74, 6) is 0.268. The first-order valence-corrected chi connectivity index (χ1v) is 8.64. The molecule has 0 aliphatic carbocycles. The Labute approximate surface area is 148 Å².